The molecule has 4 aromatic rings. The highest BCUT2D eigenvalue weighted by molar-refractivity contribution is 5.51. The highest BCUT2D eigenvalue weighted by Gasteiger charge is 2.12. The van der Waals surface area contributed by atoms with Gasteiger partial charge in [0.15, 0.2) is 5.76 Å². The number of benzene rings is 1. The quantitative estimate of drug-likeness (QED) is 0.538. The number of aromatic nitrogens is 5. The summed E-state index contributed by atoms with van der Waals surface area (Å²) in [5, 5.41) is 4.23. The van der Waals surface area contributed by atoms with Gasteiger partial charge in [-0.1, -0.05) is 24.1 Å². The summed E-state index contributed by atoms with van der Waals surface area (Å²) in [5.74, 6) is 7.56. The van der Waals surface area contributed by atoms with Gasteiger partial charge in [-0.2, -0.15) is 19.5 Å². The van der Waals surface area contributed by atoms with Crippen LogP contribution in [-0.2, 0) is 0 Å². The molecule has 3 aromatic heterocycles. The molecule has 0 atom stereocenters. The lowest BCUT2D eigenvalue weighted by Crippen LogP contribution is -2.06. The van der Waals surface area contributed by atoms with Crippen LogP contribution in [0.5, 0.6) is 0 Å². The molecule has 2 N–H and O–H groups in total. The summed E-state index contributed by atoms with van der Waals surface area (Å²) in [7, 11) is 0. The van der Waals surface area contributed by atoms with Crippen LogP contribution < -0.4 is 5.73 Å². The normalized spacial score (nSPS) is 10.4. The molecule has 110 valence electrons. The van der Waals surface area contributed by atoms with Gasteiger partial charge in [-0.05, 0) is 30.2 Å². The molecule has 7 heteroatoms. The number of nitrogens with two attached hydrogens (primary N) is 1. The van der Waals surface area contributed by atoms with Crippen LogP contribution in [0.25, 0.3) is 17.4 Å². The van der Waals surface area contributed by atoms with Gasteiger partial charge in [0, 0.05) is 5.56 Å². The van der Waals surface area contributed by atoms with E-state index >= 15 is 0 Å². The third-order valence-corrected chi connectivity index (χ3v) is 3.07. The lowest BCUT2D eigenvalue weighted by molar-refractivity contribution is 0.577. The minimum atomic E-state index is 0.165. The molecule has 0 saturated heterocycles. The molecular weight excluding hydrogens is 292 g/mol. The number of rotatable bonds is 1. The Morgan fingerprint density at radius 1 is 0.957 bits per heavy atom. The van der Waals surface area contributed by atoms with E-state index in [9.17, 15) is 0 Å². The summed E-state index contributed by atoms with van der Waals surface area (Å²) in [6.45, 7) is 0. The number of hydrogen-bond acceptors (Lipinski definition) is 6. The average molecular weight is 302 g/mol. The Hall–Kier alpha value is -3.66. The maximum Gasteiger partial charge on any atom is 0.258 e. The fourth-order valence-corrected chi connectivity index (χ4v) is 2.02. The first-order valence-corrected chi connectivity index (χ1v) is 6.81. The van der Waals surface area contributed by atoms with E-state index in [1.165, 1.54) is 4.52 Å². The Bertz CT molecular complexity index is 1030. The van der Waals surface area contributed by atoms with Crippen molar-refractivity contribution in [3.63, 3.8) is 0 Å². The molecule has 0 unspecified atom stereocenters. The maximum atomic E-state index is 5.90. The van der Waals surface area contributed by atoms with E-state index in [-0.39, 0.29) is 11.8 Å². The van der Waals surface area contributed by atoms with Crippen molar-refractivity contribution >= 4 is 11.7 Å². The third-order valence-electron chi connectivity index (χ3n) is 3.07. The van der Waals surface area contributed by atoms with Crippen LogP contribution in [0.4, 0.5) is 5.95 Å². The number of hydrogen-bond donors (Lipinski definition) is 1. The minimum absolute atomic E-state index is 0.165. The highest BCUT2D eigenvalue weighted by Crippen LogP contribution is 2.16. The molecule has 0 aliphatic rings. The molecule has 23 heavy (non-hydrogen) atoms. The standard InChI is InChI=1S/C16H10N6O/c17-15-18-13(9-8-11-5-2-1-3-6-11)19-16-20-14(21-22(15)16)12-7-4-10-23-12/h1-7,10H,(H2,17,18,19,20,21). The monoisotopic (exact) mass is 302 g/mol. The van der Waals surface area contributed by atoms with E-state index in [1.807, 2.05) is 30.3 Å². The average Bonchev–Trinajstić information content (AvgIpc) is 3.23. The highest BCUT2D eigenvalue weighted by atomic mass is 16.3. The van der Waals surface area contributed by atoms with Crippen LogP contribution >= 0.6 is 0 Å². The molecule has 0 radical (unpaired) electrons. The van der Waals surface area contributed by atoms with Gasteiger partial charge < -0.3 is 10.2 Å². The molecule has 4 rings (SSSR count). The van der Waals surface area contributed by atoms with Crippen molar-refractivity contribution in [2.24, 2.45) is 0 Å². The summed E-state index contributed by atoms with van der Waals surface area (Å²) in [6.07, 6.45) is 1.55. The number of nitrogen functional groups attached to an aromatic ring is 1. The number of nitrogens with zero attached hydrogens (tertiary/aromatic N) is 5. The Morgan fingerprint density at radius 2 is 1.83 bits per heavy atom. The lowest BCUT2D eigenvalue weighted by atomic mass is 10.2. The van der Waals surface area contributed by atoms with Crippen LogP contribution in [0, 0.1) is 11.8 Å². The van der Waals surface area contributed by atoms with E-state index in [1.54, 1.807) is 18.4 Å². The van der Waals surface area contributed by atoms with Crippen molar-refractivity contribution in [1.29, 1.82) is 0 Å². The van der Waals surface area contributed by atoms with E-state index in [0.29, 0.717) is 17.4 Å². The van der Waals surface area contributed by atoms with Crippen LogP contribution in [0.15, 0.2) is 53.1 Å². The van der Waals surface area contributed by atoms with Crippen molar-refractivity contribution in [3.8, 4) is 23.4 Å². The molecule has 0 aliphatic heterocycles. The molecule has 0 saturated carbocycles. The largest absolute Gasteiger partial charge is 0.461 e. The summed E-state index contributed by atoms with van der Waals surface area (Å²) in [5.41, 5.74) is 6.77. The van der Waals surface area contributed by atoms with E-state index in [2.05, 4.69) is 31.9 Å². The van der Waals surface area contributed by atoms with Gasteiger partial charge in [-0.3, -0.25) is 0 Å². The van der Waals surface area contributed by atoms with E-state index in [4.69, 9.17) is 10.2 Å². The first kappa shape index (κ1) is 13.0. The van der Waals surface area contributed by atoms with Gasteiger partial charge in [0.05, 0.1) is 6.26 Å². The van der Waals surface area contributed by atoms with Crippen LogP contribution in [-0.4, -0.2) is 24.6 Å². The fourth-order valence-electron chi connectivity index (χ4n) is 2.02. The Labute approximate surface area is 130 Å². The molecule has 7 nitrogen and oxygen atoms in total. The Kier molecular flexibility index (Phi) is 2.99. The zero-order valence-corrected chi connectivity index (χ0v) is 11.8. The summed E-state index contributed by atoms with van der Waals surface area (Å²) in [4.78, 5) is 12.7. The number of fused-ring (bicyclic) bond motifs is 1. The van der Waals surface area contributed by atoms with Crippen molar-refractivity contribution in [2.45, 2.75) is 0 Å². The predicted octanol–water partition coefficient (Wildman–Crippen LogP) is 1.76. The molecule has 0 aliphatic carbocycles. The zero-order chi connectivity index (χ0) is 15.6. The summed E-state index contributed by atoms with van der Waals surface area (Å²) in [6, 6.07) is 13.1. The van der Waals surface area contributed by atoms with Crippen LogP contribution in [0.2, 0.25) is 0 Å². The zero-order valence-electron chi connectivity index (χ0n) is 11.8. The first-order valence-electron chi connectivity index (χ1n) is 6.81. The van der Waals surface area contributed by atoms with Crippen molar-refractivity contribution in [3.05, 3.63) is 60.1 Å². The minimum Gasteiger partial charge on any atom is -0.461 e. The van der Waals surface area contributed by atoms with Crippen molar-refractivity contribution in [2.75, 3.05) is 5.73 Å². The van der Waals surface area contributed by atoms with Gasteiger partial charge in [-0.15, -0.1) is 5.10 Å². The maximum absolute atomic E-state index is 5.90. The fraction of sp³-hybridized carbons (Fsp3) is 0. The van der Waals surface area contributed by atoms with Crippen molar-refractivity contribution < 1.29 is 4.42 Å². The second-order valence-corrected chi connectivity index (χ2v) is 4.65. The van der Waals surface area contributed by atoms with Gasteiger partial charge >= 0.3 is 0 Å². The SMILES string of the molecule is Nc1nc(C#Cc2ccccc2)nc2nc(-c3ccco3)nn12. The van der Waals surface area contributed by atoms with Gasteiger partial charge in [0.25, 0.3) is 5.78 Å². The Morgan fingerprint density at radius 3 is 2.61 bits per heavy atom. The predicted molar refractivity (Wildman–Crippen MR) is 83.1 cm³/mol. The second-order valence-electron chi connectivity index (χ2n) is 4.65. The second kappa shape index (κ2) is 5.27. The van der Waals surface area contributed by atoms with Gasteiger partial charge in [0.2, 0.25) is 17.6 Å². The Balaban J connectivity index is 1.77. The smallest absolute Gasteiger partial charge is 0.258 e. The molecule has 0 bridgehead atoms. The van der Waals surface area contributed by atoms with E-state index < -0.39 is 0 Å². The molecule has 0 fully saturated rings. The first-order chi connectivity index (χ1) is 11.3. The number of anilines is 1. The van der Waals surface area contributed by atoms with Crippen LogP contribution in [0.1, 0.15) is 11.4 Å². The molecule has 3 heterocycles. The lowest BCUT2D eigenvalue weighted by Gasteiger charge is -1.96. The molecule has 1 aromatic carbocycles. The molecule has 0 amide bonds. The van der Waals surface area contributed by atoms with Gasteiger partial charge in [0.1, 0.15) is 0 Å². The van der Waals surface area contributed by atoms with Crippen LogP contribution in [0.3, 0.4) is 0 Å². The van der Waals surface area contributed by atoms with Crippen molar-refractivity contribution in [1.82, 2.24) is 24.6 Å². The summed E-state index contributed by atoms with van der Waals surface area (Å²) < 4.78 is 6.62. The summed E-state index contributed by atoms with van der Waals surface area (Å²) >= 11 is 0. The third kappa shape index (κ3) is 2.49. The van der Waals surface area contributed by atoms with E-state index in [0.717, 1.165) is 5.56 Å². The van der Waals surface area contributed by atoms with Gasteiger partial charge in [-0.25, -0.2) is 0 Å². The molecule has 0 spiro atoms. The topological polar surface area (TPSA) is 95.1 Å². The molecular formula is C16H10N6O. The number of furan rings is 1.